The van der Waals surface area contributed by atoms with Gasteiger partial charge in [-0.15, -0.1) is 0 Å². The lowest BCUT2D eigenvalue weighted by Gasteiger charge is -2.18. The fraction of sp³-hybridized carbons (Fsp3) is 0.154. The van der Waals surface area contributed by atoms with E-state index in [1.54, 1.807) is 25.4 Å². The molecule has 0 unspecified atom stereocenters. The molecule has 0 radical (unpaired) electrons. The van der Waals surface area contributed by atoms with Crippen molar-refractivity contribution in [3.8, 4) is 0 Å². The first-order chi connectivity index (χ1) is 9.28. The Bertz CT molecular complexity index is 646. The first-order valence-corrected chi connectivity index (χ1v) is 6.66. The molecule has 19 heavy (non-hydrogen) atoms. The summed E-state index contributed by atoms with van der Waals surface area (Å²) >= 11 is 1.49. The number of nitrogens with one attached hydrogen (secondary N) is 1. The topological polar surface area (TPSA) is 64.1 Å². The number of hydrogen-bond acceptors (Lipinski definition) is 6. The van der Waals surface area contributed by atoms with E-state index < -0.39 is 0 Å². The van der Waals surface area contributed by atoms with E-state index in [0.717, 1.165) is 21.4 Å². The number of benzene rings is 1. The van der Waals surface area contributed by atoms with E-state index in [9.17, 15) is 4.79 Å². The van der Waals surface area contributed by atoms with E-state index in [4.69, 9.17) is 4.74 Å². The molecule has 0 spiro atoms. The molecule has 0 bridgehead atoms. The first kappa shape index (κ1) is 12.0. The summed E-state index contributed by atoms with van der Waals surface area (Å²) in [7, 11) is 0. The van der Waals surface area contributed by atoms with Gasteiger partial charge >= 0.3 is 5.97 Å². The normalized spacial score (nSPS) is 12.1. The molecule has 1 aromatic carbocycles. The molecule has 96 valence electrons. The number of fused-ring (bicyclic) bond motifs is 2. The Morgan fingerprint density at radius 3 is 3.05 bits per heavy atom. The van der Waals surface area contributed by atoms with E-state index in [1.165, 1.54) is 11.8 Å². The minimum atomic E-state index is -0.309. The number of carbonyl (C=O) groups is 1. The molecule has 1 aliphatic rings. The second-order valence-electron chi connectivity index (χ2n) is 3.87. The van der Waals surface area contributed by atoms with Crippen molar-refractivity contribution in [1.29, 1.82) is 0 Å². The van der Waals surface area contributed by atoms with E-state index in [0.29, 0.717) is 12.2 Å². The number of rotatable bonds is 2. The van der Waals surface area contributed by atoms with Crippen LogP contribution in [0.4, 0.5) is 11.5 Å². The van der Waals surface area contributed by atoms with Crippen LogP contribution in [0.2, 0.25) is 0 Å². The zero-order chi connectivity index (χ0) is 13.2. The van der Waals surface area contributed by atoms with Crippen LogP contribution in [0.5, 0.6) is 0 Å². The van der Waals surface area contributed by atoms with Crippen LogP contribution in [0.1, 0.15) is 17.3 Å². The van der Waals surface area contributed by atoms with E-state index in [-0.39, 0.29) is 5.97 Å². The lowest BCUT2D eigenvalue weighted by Crippen LogP contribution is -2.07. The van der Waals surface area contributed by atoms with Gasteiger partial charge in [0.15, 0.2) is 5.82 Å². The monoisotopic (exact) mass is 273 g/mol. The molecule has 6 heteroatoms. The molecule has 0 fully saturated rings. The highest BCUT2D eigenvalue weighted by atomic mass is 32.2. The third kappa shape index (κ3) is 2.26. The predicted molar refractivity (Wildman–Crippen MR) is 71.8 cm³/mol. The van der Waals surface area contributed by atoms with Crippen molar-refractivity contribution in [1.82, 2.24) is 9.97 Å². The zero-order valence-corrected chi connectivity index (χ0v) is 11.0. The van der Waals surface area contributed by atoms with E-state index in [2.05, 4.69) is 15.3 Å². The average Bonchev–Trinajstić information content (AvgIpc) is 2.44. The minimum Gasteiger partial charge on any atom is -0.462 e. The molecule has 3 rings (SSSR count). The van der Waals surface area contributed by atoms with Gasteiger partial charge in [-0.05, 0) is 25.1 Å². The van der Waals surface area contributed by atoms with Crippen LogP contribution in [0.25, 0.3) is 0 Å². The van der Waals surface area contributed by atoms with E-state index >= 15 is 0 Å². The second-order valence-corrected chi connectivity index (χ2v) is 4.90. The summed E-state index contributed by atoms with van der Waals surface area (Å²) in [6.07, 6.45) is 3.29. The Hall–Kier alpha value is -2.08. The van der Waals surface area contributed by atoms with Crippen LogP contribution >= 0.6 is 11.8 Å². The highest BCUT2D eigenvalue weighted by Gasteiger charge is 2.19. The maximum Gasteiger partial charge on any atom is 0.338 e. The number of carbonyl (C=O) groups excluding carboxylic acids is 1. The van der Waals surface area contributed by atoms with Crippen molar-refractivity contribution in [2.24, 2.45) is 0 Å². The summed E-state index contributed by atoms with van der Waals surface area (Å²) in [6.45, 7) is 2.16. The van der Waals surface area contributed by atoms with Gasteiger partial charge in [-0.3, -0.25) is 0 Å². The maximum absolute atomic E-state index is 11.7. The maximum atomic E-state index is 11.7. The summed E-state index contributed by atoms with van der Waals surface area (Å²) in [4.78, 5) is 21.1. The molecular weight excluding hydrogens is 262 g/mol. The van der Waals surface area contributed by atoms with Crippen LogP contribution in [0.3, 0.4) is 0 Å². The third-order valence-electron chi connectivity index (χ3n) is 2.62. The van der Waals surface area contributed by atoms with Crippen molar-refractivity contribution in [3.05, 3.63) is 36.2 Å². The van der Waals surface area contributed by atoms with Crippen LogP contribution in [0, 0.1) is 0 Å². The molecule has 1 aliphatic heterocycles. The molecule has 0 saturated heterocycles. The number of nitrogens with zero attached hydrogens (tertiary/aromatic N) is 2. The SMILES string of the molecule is CCOC(=O)c1ccc2c(c1)Sc1nccnc1N2. The van der Waals surface area contributed by atoms with Crippen molar-refractivity contribution in [2.45, 2.75) is 16.8 Å². The Labute approximate surface area is 114 Å². The molecule has 0 atom stereocenters. The van der Waals surface area contributed by atoms with Crippen LogP contribution < -0.4 is 5.32 Å². The smallest absolute Gasteiger partial charge is 0.338 e. The molecule has 0 saturated carbocycles. The largest absolute Gasteiger partial charge is 0.462 e. The van der Waals surface area contributed by atoms with Gasteiger partial charge in [-0.25, -0.2) is 14.8 Å². The molecule has 1 N–H and O–H groups in total. The number of aromatic nitrogens is 2. The second kappa shape index (κ2) is 4.89. The molecule has 2 heterocycles. The van der Waals surface area contributed by atoms with Crippen molar-refractivity contribution in [3.63, 3.8) is 0 Å². The number of anilines is 2. The average molecular weight is 273 g/mol. The molecule has 5 nitrogen and oxygen atoms in total. The van der Waals surface area contributed by atoms with Crippen molar-refractivity contribution in [2.75, 3.05) is 11.9 Å². The summed E-state index contributed by atoms with van der Waals surface area (Å²) in [5, 5.41) is 3.99. The molecule has 1 aromatic heterocycles. The summed E-state index contributed by atoms with van der Waals surface area (Å²) in [5.41, 5.74) is 1.47. The van der Waals surface area contributed by atoms with Crippen molar-refractivity contribution >= 4 is 29.2 Å². The zero-order valence-electron chi connectivity index (χ0n) is 10.2. The highest BCUT2D eigenvalue weighted by Crippen LogP contribution is 2.42. The Balaban J connectivity index is 1.94. The highest BCUT2D eigenvalue weighted by molar-refractivity contribution is 7.99. The van der Waals surface area contributed by atoms with Gasteiger partial charge in [0.05, 0.1) is 17.9 Å². The Morgan fingerprint density at radius 1 is 1.37 bits per heavy atom. The number of esters is 1. The van der Waals surface area contributed by atoms with Gasteiger partial charge in [0.25, 0.3) is 0 Å². The van der Waals surface area contributed by atoms with Gasteiger partial charge in [0, 0.05) is 17.3 Å². The molecule has 2 aromatic rings. The number of ether oxygens (including phenoxy) is 1. The molecule has 0 amide bonds. The van der Waals surface area contributed by atoms with Gasteiger partial charge in [-0.1, -0.05) is 11.8 Å². The molecule has 0 aliphatic carbocycles. The van der Waals surface area contributed by atoms with Gasteiger partial charge < -0.3 is 10.1 Å². The summed E-state index contributed by atoms with van der Waals surface area (Å²) in [6, 6.07) is 5.40. The van der Waals surface area contributed by atoms with Crippen molar-refractivity contribution < 1.29 is 9.53 Å². The lowest BCUT2D eigenvalue weighted by atomic mass is 10.2. The predicted octanol–water partition coefficient (Wildman–Crippen LogP) is 2.86. The Kier molecular flexibility index (Phi) is 3.08. The van der Waals surface area contributed by atoms with Gasteiger partial charge in [0.2, 0.25) is 0 Å². The van der Waals surface area contributed by atoms with E-state index in [1.807, 2.05) is 12.1 Å². The standard InChI is InChI=1S/C13H11N3O2S/c1-2-18-13(17)8-3-4-9-10(7-8)19-12-11(16-9)14-5-6-15-12/h3-7H,2H2,1H3,(H,14,16). The van der Waals surface area contributed by atoms with Crippen LogP contribution in [-0.4, -0.2) is 22.5 Å². The molecular formula is C13H11N3O2S. The fourth-order valence-corrected chi connectivity index (χ4v) is 2.71. The van der Waals surface area contributed by atoms with Gasteiger partial charge in [-0.2, -0.15) is 0 Å². The third-order valence-corrected chi connectivity index (χ3v) is 3.67. The lowest BCUT2D eigenvalue weighted by molar-refractivity contribution is 0.0526. The summed E-state index contributed by atoms with van der Waals surface area (Å²) in [5.74, 6) is 0.430. The van der Waals surface area contributed by atoms with Crippen LogP contribution in [-0.2, 0) is 4.74 Å². The first-order valence-electron chi connectivity index (χ1n) is 5.85. The Morgan fingerprint density at radius 2 is 2.21 bits per heavy atom. The quantitative estimate of drug-likeness (QED) is 0.724. The van der Waals surface area contributed by atoms with Crippen LogP contribution in [0.15, 0.2) is 40.5 Å². The minimum absolute atomic E-state index is 0.309. The summed E-state index contributed by atoms with van der Waals surface area (Å²) < 4.78 is 4.99. The number of hydrogen-bond donors (Lipinski definition) is 1. The van der Waals surface area contributed by atoms with Gasteiger partial charge in [0.1, 0.15) is 5.03 Å². The fourth-order valence-electron chi connectivity index (χ4n) is 1.77.